The van der Waals surface area contributed by atoms with Gasteiger partial charge in [0.05, 0.1) is 9.40 Å². The average Bonchev–Trinajstić information content (AvgIpc) is 3.65. The van der Waals surface area contributed by atoms with Crippen molar-refractivity contribution in [1.29, 1.82) is 0 Å². The molecule has 0 aliphatic carbocycles. The molecule has 0 N–H and O–H groups in total. The van der Waals surface area contributed by atoms with Crippen molar-refractivity contribution in [2.75, 3.05) is 0 Å². The summed E-state index contributed by atoms with van der Waals surface area (Å²) in [6.45, 7) is 0. The molecule has 0 spiro atoms. The summed E-state index contributed by atoms with van der Waals surface area (Å²) in [5.74, 6) is 1.34. The van der Waals surface area contributed by atoms with E-state index in [4.69, 9.17) is 19.9 Å². The lowest BCUT2D eigenvalue weighted by Crippen LogP contribution is -1.96. The normalized spacial score (nSPS) is 12.1. The fourth-order valence-corrected chi connectivity index (χ4v) is 8.40. The quantitative estimate of drug-likeness (QED) is 0.184. The zero-order valence-electron chi connectivity index (χ0n) is 22.9. The molecule has 0 unspecified atom stereocenters. The third kappa shape index (κ3) is 3.46. The third-order valence-corrected chi connectivity index (χ3v) is 10.6. The summed E-state index contributed by atoms with van der Waals surface area (Å²) >= 11 is 3.50. The molecule has 4 aromatic carbocycles. The highest BCUT2D eigenvalue weighted by Crippen LogP contribution is 2.39. The van der Waals surface area contributed by atoms with Crippen molar-refractivity contribution in [3.8, 4) is 22.8 Å². The molecule has 44 heavy (non-hydrogen) atoms. The van der Waals surface area contributed by atoms with Crippen molar-refractivity contribution in [1.82, 2.24) is 29.9 Å². The maximum atomic E-state index is 5.20. The molecular formula is C36H18N6S2. The van der Waals surface area contributed by atoms with Crippen LogP contribution >= 0.6 is 22.7 Å². The van der Waals surface area contributed by atoms with Crippen molar-refractivity contribution < 1.29 is 0 Å². The van der Waals surface area contributed by atoms with Crippen molar-refractivity contribution in [3.63, 3.8) is 0 Å². The molecule has 204 valence electrons. The summed E-state index contributed by atoms with van der Waals surface area (Å²) in [5.41, 5.74) is 3.58. The van der Waals surface area contributed by atoms with Gasteiger partial charge in [-0.05, 0) is 59.3 Å². The number of benzene rings is 4. The summed E-state index contributed by atoms with van der Waals surface area (Å²) in [6, 6.07) is 25.4. The van der Waals surface area contributed by atoms with Gasteiger partial charge in [0.15, 0.2) is 11.6 Å². The lowest BCUT2D eigenvalue weighted by Gasteiger charge is -2.11. The minimum atomic E-state index is 0.671. The number of nitrogens with zero attached hydrogens (tertiary/aromatic N) is 6. The Morgan fingerprint density at radius 3 is 1.41 bits per heavy atom. The zero-order chi connectivity index (χ0) is 28.8. The second kappa shape index (κ2) is 9.03. The van der Waals surface area contributed by atoms with E-state index in [0.717, 1.165) is 43.7 Å². The molecule has 8 heteroatoms. The van der Waals surface area contributed by atoms with Gasteiger partial charge < -0.3 is 0 Å². The van der Waals surface area contributed by atoms with Gasteiger partial charge in [0, 0.05) is 90.0 Å². The lowest BCUT2D eigenvalue weighted by atomic mass is 10.0. The maximum Gasteiger partial charge on any atom is 0.159 e. The molecule has 0 amide bonds. The number of hydrogen-bond acceptors (Lipinski definition) is 8. The summed E-state index contributed by atoms with van der Waals surface area (Å²) in [4.78, 5) is 28.8. The third-order valence-electron chi connectivity index (χ3n) is 8.37. The van der Waals surface area contributed by atoms with Gasteiger partial charge in [-0.2, -0.15) is 0 Å². The number of aromatic nitrogens is 6. The average molecular weight is 599 g/mol. The first-order valence-corrected chi connectivity index (χ1v) is 15.8. The first-order valence-electron chi connectivity index (χ1n) is 14.2. The Balaban J connectivity index is 1.22. The second-order valence-electron chi connectivity index (χ2n) is 10.8. The minimum Gasteiger partial charge on any atom is -0.263 e. The molecule has 6 aromatic heterocycles. The van der Waals surface area contributed by atoms with Crippen LogP contribution in [0.2, 0.25) is 0 Å². The number of hydrogen-bond donors (Lipinski definition) is 0. The van der Waals surface area contributed by atoms with Crippen LogP contribution in [0, 0.1) is 0 Å². The van der Waals surface area contributed by atoms with Crippen LogP contribution in [0.15, 0.2) is 110 Å². The smallest absolute Gasteiger partial charge is 0.159 e. The predicted octanol–water partition coefficient (Wildman–Crippen LogP) is 9.59. The fourth-order valence-electron chi connectivity index (χ4n) is 6.29. The van der Waals surface area contributed by atoms with Gasteiger partial charge in [-0.1, -0.05) is 24.3 Å². The Morgan fingerprint density at radius 1 is 0.409 bits per heavy atom. The van der Waals surface area contributed by atoms with Crippen LogP contribution in [0.5, 0.6) is 0 Å². The largest absolute Gasteiger partial charge is 0.263 e. The van der Waals surface area contributed by atoms with Crippen LogP contribution < -0.4 is 0 Å². The summed E-state index contributed by atoms with van der Waals surface area (Å²) < 4.78 is 4.79. The van der Waals surface area contributed by atoms with Crippen molar-refractivity contribution in [3.05, 3.63) is 110 Å². The molecule has 0 saturated heterocycles. The molecule has 10 aromatic rings. The number of fused-ring (bicyclic) bond motifs is 12. The van der Waals surface area contributed by atoms with Crippen LogP contribution in [0.1, 0.15) is 0 Å². The monoisotopic (exact) mass is 598 g/mol. The first-order chi connectivity index (χ1) is 21.8. The van der Waals surface area contributed by atoms with Crippen molar-refractivity contribution in [2.24, 2.45) is 0 Å². The van der Waals surface area contributed by atoms with Crippen molar-refractivity contribution >= 4 is 95.6 Å². The molecule has 0 aliphatic rings. The molecule has 0 atom stereocenters. The van der Waals surface area contributed by atoms with E-state index in [-0.39, 0.29) is 0 Å². The minimum absolute atomic E-state index is 0.671. The molecule has 0 bridgehead atoms. The molecule has 6 nitrogen and oxygen atoms in total. The van der Waals surface area contributed by atoms with Gasteiger partial charge in [0.2, 0.25) is 0 Å². The number of rotatable bonds is 2. The Bertz CT molecular complexity index is 2610. The van der Waals surface area contributed by atoms with Gasteiger partial charge in [0.1, 0.15) is 11.0 Å². The highest BCUT2D eigenvalue weighted by atomic mass is 32.1. The molecule has 0 saturated carbocycles. The van der Waals surface area contributed by atoms with Gasteiger partial charge in [-0.15, -0.1) is 22.7 Å². The molecular weight excluding hydrogens is 581 g/mol. The highest BCUT2D eigenvalue weighted by molar-refractivity contribution is 7.26. The summed E-state index contributed by atoms with van der Waals surface area (Å²) in [6.07, 6.45) is 11.4. The van der Waals surface area contributed by atoms with E-state index in [0.29, 0.717) is 11.6 Å². The number of pyridine rings is 2. The zero-order valence-corrected chi connectivity index (χ0v) is 24.5. The molecule has 0 fully saturated rings. The van der Waals surface area contributed by atoms with Crippen LogP contribution in [0.3, 0.4) is 0 Å². The first kappa shape index (κ1) is 24.0. The van der Waals surface area contributed by atoms with Crippen LogP contribution in [-0.4, -0.2) is 29.9 Å². The van der Waals surface area contributed by atoms with Gasteiger partial charge >= 0.3 is 0 Å². The van der Waals surface area contributed by atoms with Crippen molar-refractivity contribution in [2.45, 2.75) is 0 Å². The highest BCUT2D eigenvalue weighted by Gasteiger charge is 2.16. The Labute approximate surface area is 257 Å². The van der Waals surface area contributed by atoms with Crippen LogP contribution in [-0.2, 0) is 0 Å². The topological polar surface area (TPSA) is 77.3 Å². The number of thiophene rings is 2. The van der Waals surface area contributed by atoms with E-state index in [2.05, 4.69) is 82.8 Å². The van der Waals surface area contributed by atoms with E-state index < -0.39 is 0 Å². The van der Waals surface area contributed by atoms with Gasteiger partial charge in [0.25, 0.3) is 0 Å². The predicted molar refractivity (Wildman–Crippen MR) is 182 cm³/mol. The molecule has 6 heterocycles. The van der Waals surface area contributed by atoms with E-state index in [9.17, 15) is 0 Å². The van der Waals surface area contributed by atoms with Gasteiger partial charge in [-0.25, -0.2) is 19.9 Å². The molecule has 0 radical (unpaired) electrons. The van der Waals surface area contributed by atoms with E-state index in [1.807, 2.05) is 37.2 Å². The fraction of sp³-hybridized carbons (Fsp3) is 0. The standard InChI is InChI=1S/C36H18N6S2/c1-2-4-22-21(3-1)27-15-39-35(19-5-7-29-25(13-19)23-9-11-37-17-31(23)43-29)41-33(27)34-28(22)16-40-36(42-34)20-6-8-30-26(14-20)24-10-12-38-18-32(24)44-30/h1-18H. The lowest BCUT2D eigenvalue weighted by molar-refractivity contribution is 1.21. The van der Waals surface area contributed by atoms with Crippen LogP contribution in [0.4, 0.5) is 0 Å². The van der Waals surface area contributed by atoms with Crippen LogP contribution in [0.25, 0.3) is 95.7 Å². The molecule has 10 rings (SSSR count). The summed E-state index contributed by atoms with van der Waals surface area (Å²) in [7, 11) is 0. The Morgan fingerprint density at radius 2 is 0.909 bits per heavy atom. The Hall–Kier alpha value is -5.44. The van der Waals surface area contributed by atoms with E-state index >= 15 is 0 Å². The Kier molecular flexibility index (Phi) is 4.94. The van der Waals surface area contributed by atoms with E-state index in [1.54, 1.807) is 22.7 Å². The second-order valence-corrected chi connectivity index (χ2v) is 13.0. The molecule has 0 aliphatic heterocycles. The SMILES string of the molecule is c1ccc2c(c1)c1cnc(-c3ccc4sc5cnccc5c4c3)nc1c1nc(-c3ccc4sc5cnccc5c4c3)ncc21. The van der Waals surface area contributed by atoms with E-state index in [1.165, 1.54) is 40.3 Å². The van der Waals surface area contributed by atoms with Gasteiger partial charge in [-0.3, -0.25) is 9.97 Å². The summed E-state index contributed by atoms with van der Waals surface area (Å²) in [5, 5.41) is 8.89. The maximum absolute atomic E-state index is 5.20.